The molecule has 0 aromatic rings. The molecule has 20 heavy (non-hydrogen) atoms. The van der Waals surface area contributed by atoms with Crippen molar-refractivity contribution in [2.24, 2.45) is 0 Å². The normalized spacial score (nSPS) is 11.3. The van der Waals surface area contributed by atoms with Crippen molar-refractivity contribution in [1.29, 1.82) is 0 Å². The lowest BCUT2D eigenvalue weighted by Gasteiger charge is -2.00. The van der Waals surface area contributed by atoms with E-state index in [1.54, 1.807) is 0 Å². The average molecular weight is 301 g/mol. The number of unbranched alkanes of at least 4 members (excludes halogenated alkanes) is 11. The van der Waals surface area contributed by atoms with Gasteiger partial charge in [-0.05, 0) is 43.7 Å². The van der Waals surface area contributed by atoms with Crippen LogP contribution >= 0.6 is 11.6 Å². The molecule has 0 atom stereocenters. The molecule has 0 aliphatic carbocycles. The van der Waals surface area contributed by atoms with E-state index in [0.29, 0.717) is 6.42 Å². The minimum atomic E-state index is -0.188. The van der Waals surface area contributed by atoms with Crippen molar-refractivity contribution >= 4 is 16.8 Å². The number of carbonyl (C=O) groups excluding carboxylic acids is 1. The fraction of sp³-hybridized carbons (Fsp3) is 0.833. The summed E-state index contributed by atoms with van der Waals surface area (Å²) in [6, 6.07) is 0. The van der Waals surface area contributed by atoms with Gasteiger partial charge in [0.25, 0.3) is 0 Å². The van der Waals surface area contributed by atoms with Crippen LogP contribution in [0.15, 0.2) is 12.2 Å². The van der Waals surface area contributed by atoms with Crippen molar-refractivity contribution in [2.75, 3.05) is 0 Å². The molecule has 0 aliphatic heterocycles. The minimum absolute atomic E-state index is 0.188. The summed E-state index contributed by atoms with van der Waals surface area (Å²) in [5.74, 6) is 0. The van der Waals surface area contributed by atoms with E-state index in [2.05, 4.69) is 19.1 Å². The Kier molecular flexibility index (Phi) is 16.5. The maximum Gasteiger partial charge on any atom is 0.221 e. The van der Waals surface area contributed by atoms with Crippen LogP contribution in [0.3, 0.4) is 0 Å². The van der Waals surface area contributed by atoms with Crippen LogP contribution in [0.1, 0.15) is 96.8 Å². The van der Waals surface area contributed by atoms with E-state index in [1.165, 1.54) is 70.6 Å². The fourth-order valence-corrected chi connectivity index (χ4v) is 2.47. The number of hydrogen-bond acceptors (Lipinski definition) is 1. The van der Waals surface area contributed by atoms with E-state index >= 15 is 0 Å². The summed E-state index contributed by atoms with van der Waals surface area (Å²) >= 11 is 5.29. The topological polar surface area (TPSA) is 17.1 Å². The Morgan fingerprint density at radius 3 is 1.70 bits per heavy atom. The van der Waals surface area contributed by atoms with E-state index in [-0.39, 0.29) is 5.24 Å². The van der Waals surface area contributed by atoms with Gasteiger partial charge in [-0.2, -0.15) is 0 Å². The van der Waals surface area contributed by atoms with Crippen molar-refractivity contribution in [3.05, 3.63) is 12.2 Å². The standard InChI is InChI=1S/C18H33ClO/c1-2-3-4-5-6-7-8-9-10-11-12-13-14-15-16-17-18(19)20/h7-8H,2-6,9-17H2,1H3/b8-7-. The molecule has 0 saturated heterocycles. The van der Waals surface area contributed by atoms with Crippen molar-refractivity contribution < 1.29 is 4.79 Å². The summed E-state index contributed by atoms with van der Waals surface area (Å²) in [5.41, 5.74) is 0. The van der Waals surface area contributed by atoms with Crippen molar-refractivity contribution in [3.8, 4) is 0 Å². The summed E-state index contributed by atoms with van der Waals surface area (Å²) < 4.78 is 0. The largest absolute Gasteiger partial charge is 0.281 e. The zero-order valence-electron chi connectivity index (χ0n) is 13.3. The SMILES string of the molecule is CCCCCC/C=C\CCCCCCCCCC(=O)Cl. The van der Waals surface area contributed by atoms with Gasteiger partial charge in [-0.3, -0.25) is 4.79 Å². The van der Waals surface area contributed by atoms with Gasteiger partial charge in [-0.1, -0.05) is 70.4 Å². The van der Waals surface area contributed by atoms with Crippen LogP contribution in [-0.4, -0.2) is 5.24 Å². The van der Waals surface area contributed by atoms with E-state index in [0.717, 1.165) is 12.8 Å². The number of halogens is 1. The Morgan fingerprint density at radius 1 is 0.750 bits per heavy atom. The molecular weight excluding hydrogens is 268 g/mol. The summed E-state index contributed by atoms with van der Waals surface area (Å²) in [6.45, 7) is 2.26. The van der Waals surface area contributed by atoms with Gasteiger partial charge in [-0.25, -0.2) is 0 Å². The van der Waals surface area contributed by atoms with E-state index in [9.17, 15) is 4.79 Å². The number of rotatable bonds is 15. The molecule has 0 spiro atoms. The zero-order valence-corrected chi connectivity index (χ0v) is 14.1. The first-order chi connectivity index (χ1) is 9.77. The van der Waals surface area contributed by atoms with Gasteiger partial charge in [-0.15, -0.1) is 0 Å². The van der Waals surface area contributed by atoms with Crippen LogP contribution in [0.4, 0.5) is 0 Å². The van der Waals surface area contributed by atoms with E-state index < -0.39 is 0 Å². The molecule has 0 bridgehead atoms. The Hall–Kier alpha value is -0.300. The van der Waals surface area contributed by atoms with Crippen LogP contribution in [-0.2, 0) is 4.79 Å². The fourth-order valence-electron chi connectivity index (χ4n) is 2.33. The Balaban J connectivity index is 3.05. The first-order valence-electron chi connectivity index (χ1n) is 8.60. The summed E-state index contributed by atoms with van der Waals surface area (Å²) in [5, 5.41) is -0.188. The highest BCUT2D eigenvalue weighted by atomic mass is 35.5. The van der Waals surface area contributed by atoms with Crippen molar-refractivity contribution in [2.45, 2.75) is 96.8 Å². The first-order valence-corrected chi connectivity index (χ1v) is 8.98. The third-order valence-corrected chi connectivity index (χ3v) is 3.82. The molecule has 1 nitrogen and oxygen atoms in total. The van der Waals surface area contributed by atoms with Gasteiger partial charge in [0, 0.05) is 6.42 Å². The third-order valence-electron chi connectivity index (χ3n) is 3.64. The predicted molar refractivity (Wildman–Crippen MR) is 90.3 cm³/mol. The van der Waals surface area contributed by atoms with Crippen LogP contribution in [0.5, 0.6) is 0 Å². The third kappa shape index (κ3) is 17.7. The Bertz CT molecular complexity index is 236. The average Bonchev–Trinajstić information content (AvgIpc) is 2.43. The minimum Gasteiger partial charge on any atom is -0.281 e. The molecule has 0 heterocycles. The molecule has 0 aromatic carbocycles. The molecule has 0 radical (unpaired) electrons. The first kappa shape index (κ1) is 19.7. The smallest absolute Gasteiger partial charge is 0.221 e. The molecular formula is C18H33ClO. The van der Waals surface area contributed by atoms with Gasteiger partial charge in [0.1, 0.15) is 0 Å². The molecule has 0 aromatic heterocycles. The molecule has 0 aliphatic rings. The monoisotopic (exact) mass is 300 g/mol. The molecule has 0 N–H and O–H groups in total. The highest BCUT2D eigenvalue weighted by Crippen LogP contribution is 2.11. The van der Waals surface area contributed by atoms with Crippen molar-refractivity contribution in [1.82, 2.24) is 0 Å². The molecule has 118 valence electrons. The lowest BCUT2D eigenvalue weighted by molar-refractivity contribution is -0.111. The zero-order chi connectivity index (χ0) is 14.9. The highest BCUT2D eigenvalue weighted by Gasteiger charge is 1.95. The summed E-state index contributed by atoms with van der Waals surface area (Å²) in [6.07, 6.45) is 21.9. The molecule has 0 unspecified atom stereocenters. The lowest BCUT2D eigenvalue weighted by atomic mass is 10.1. The second-order valence-corrected chi connectivity index (χ2v) is 6.11. The van der Waals surface area contributed by atoms with Gasteiger partial charge in [0.2, 0.25) is 5.24 Å². The van der Waals surface area contributed by atoms with Gasteiger partial charge in [0.15, 0.2) is 0 Å². The molecule has 0 saturated carbocycles. The molecule has 2 heteroatoms. The summed E-state index contributed by atoms with van der Waals surface area (Å²) in [7, 11) is 0. The number of carbonyl (C=O) groups is 1. The lowest BCUT2D eigenvalue weighted by Crippen LogP contribution is -1.86. The molecule has 0 amide bonds. The van der Waals surface area contributed by atoms with Crippen LogP contribution in [0, 0.1) is 0 Å². The number of allylic oxidation sites excluding steroid dienone is 2. The summed E-state index contributed by atoms with van der Waals surface area (Å²) in [4.78, 5) is 10.5. The Morgan fingerprint density at radius 2 is 1.20 bits per heavy atom. The van der Waals surface area contributed by atoms with E-state index in [1.807, 2.05) is 0 Å². The van der Waals surface area contributed by atoms with Crippen LogP contribution in [0.25, 0.3) is 0 Å². The Labute approximate surface area is 131 Å². The highest BCUT2D eigenvalue weighted by molar-refractivity contribution is 6.63. The second-order valence-electron chi connectivity index (χ2n) is 5.69. The van der Waals surface area contributed by atoms with Gasteiger partial charge in [0.05, 0.1) is 0 Å². The maximum atomic E-state index is 10.5. The predicted octanol–water partition coefficient (Wildman–Crippen LogP) is 6.79. The molecule has 0 fully saturated rings. The second kappa shape index (κ2) is 16.8. The van der Waals surface area contributed by atoms with E-state index in [4.69, 9.17) is 11.6 Å². The molecule has 0 rings (SSSR count). The van der Waals surface area contributed by atoms with Crippen LogP contribution in [0.2, 0.25) is 0 Å². The number of hydrogen-bond donors (Lipinski definition) is 0. The van der Waals surface area contributed by atoms with Crippen LogP contribution < -0.4 is 0 Å². The van der Waals surface area contributed by atoms with Crippen molar-refractivity contribution in [3.63, 3.8) is 0 Å². The van der Waals surface area contributed by atoms with Gasteiger partial charge >= 0.3 is 0 Å². The van der Waals surface area contributed by atoms with Gasteiger partial charge < -0.3 is 0 Å². The quantitative estimate of drug-likeness (QED) is 0.185. The maximum absolute atomic E-state index is 10.5.